The number of nitrogens with one attached hydrogen (secondary N) is 1. The molecule has 0 atom stereocenters. The van der Waals surface area contributed by atoms with Crippen LogP contribution in [0.5, 0.6) is 11.6 Å². The molecule has 154 valence electrons. The third kappa shape index (κ3) is 5.69. The number of hydrogen-bond acceptors (Lipinski definition) is 4. The fourth-order valence-electron chi connectivity index (χ4n) is 2.95. The Kier molecular flexibility index (Phi) is 6.36. The van der Waals surface area contributed by atoms with Gasteiger partial charge in [0.2, 0.25) is 17.7 Å². The van der Waals surface area contributed by atoms with Gasteiger partial charge in [-0.15, -0.1) is 0 Å². The van der Waals surface area contributed by atoms with Crippen molar-refractivity contribution in [2.45, 2.75) is 32.0 Å². The van der Waals surface area contributed by atoms with Crippen molar-refractivity contribution in [2.75, 3.05) is 13.1 Å². The maximum atomic E-state index is 12.9. The van der Waals surface area contributed by atoms with Crippen LogP contribution in [0.2, 0.25) is 0 Å². The number of likely N-dealkylation sites (tertiary alicyclic amines) is 1. The number of pyridine rings is 1. The SMILES string of the molecule is O=C(CN1CCCCC1=O)NCc1cccnc1Oc1cccc(C(F)(F)F)c1. The Morgan fingerprint density at radius 2 is 2.03 bits per heavy atom. The number of amides is 2. The number of ether oxygens (including phenoxy) is 1. The summed E-state index contributed by atoms with van der Waals surface area (Å²) in [5.74, 6) is -0.276. The monoisotopic (exact) mass is 407 g/mol. The molecule has 3 rings (SSSR count). The van der Waals surface area contributed by atoms with E-state index in [1.165, 1.54) is 23.2 Å². The molecule has 1 saturated heterocycles. The van der Waals surface area contributed by atoms with Crippen LogP contribution in [0.3, 0.4) is 0 Å². The van der Waals surface area contributed by atoms with Gasteiger partial charge in [-0.05, 0) is 37.1 Å². The molecule has 0 radical (unpaired) electrons. The Balaban J connectivity index is 1.63. The molecule has 1 aromatic carbocycles. The van der Waals surface area contributed by atoms with Gasteiger partial charge in [-0.2, -0.15) is 13.2 Å². The molecule has 29 heavy (non-hydrogen) atoms. The first-order chi connectivity index (χ1) is 13.8. The van der Waals surface area contributed by atoms with Crippen molar-refractivity contribution in [1.29, 1.82) is 0 Å². The molecular formula is C20H20F3N3O3. The summed E-state index contributed by atoms with van der Waals surface area (Å²) in [5, 5.41) is 2.70. The van der Waals surface area contributed by atoms with Crippen molar-refractivity contribution in [3.63, 3.8) is 0 Å². The van der Waals surface area contributed by atoms with Gasteiger partial charge in [0.15, 0.2) is 0 Å². The van der Waals surface area contributed by atoms with Gasteiger partial charge >= 0.3 is 6.18 Å². The number of rotatable bonds is 6. The minimum absolute atomic E-state index is 0.00925. The van der Waals surface area contributed by atoms with Crippen LogP contribution in [0.15, 0.2) is 42.6 Å². The zero-order valence-corrected chi connectivity index (χ0v) is 15.5. The molecule has 0 aliphatic carbocycles. The van der Waals surface area contributed by atoms with Gasteiger partial charge in [0.1, 0.15) is 5.75 Å². The fraction of sp³-hybridized carbons (Fsp3) is 0.350. The quantitative estimate of drug-likeness (QED) is 0.796. The average molecular weight is 407 g/mol. The molecule has 1 fully saturated rings. The zero-order chi connectivity index (χ0) is 20.9. The fourth-order valence-corrected chi connectivity index (χ4v) is 2.95. The maximum Gasteiger partial charge on any atom is 0.416 e. The van der Waals surface area contributed by atoms with Gasteiger partial charge in [-0.1, -0.05) is 12.1 Å². The standard InChI is InChI=1S/C20H20F3N3O3/c21-20(22,23)15-6-3-7-16(11-15)29-19-14(5-4-9-24-19)12-25-17(27)13-26-10-2-1-8-18(26)28/h3-7,9,11H,1-2,8,10,12-13H2,(H,25,27). The number of benzene rings is 1. The van der Waals surface area contributed by atoms with E-state index >= 15 is 0 Å². The molecule has 2 aromatic rings. The molecule has 1 aromatic heterocycles. The normalized spacial score (nSPS) is 14.6. The first kappa shape index (κ1) is 20.6. The van der Waals surface area contributed by atoms with E-state index in [0.29, 0.717) is 18.5 Å². The van der Waals surface area contributed by atoms with E-state index in [0.717, 1.165) is 25.0 Å². The largest absolute Gasteiger partial charge is 0.439 e. The lowest BCUT2D eigenvalue weighted by Gasteiger charge is -2.26. The van der Waals surface area contributed by atoms with Gasteiger partial charge in [0.05, 0.1) is 12.1 Å². The highest BCUT2D eigenvalue weighted by Crippen LogP contribution is 2.32. The van der Waals surface area contributed by atoms with Crippen molar-refractivity contribution >= 4 is 11.8 Å². The molecule has 0 saturated carbocycles. The molecule has 0 bridgehead atoms. The van der Waals surface area contributed by atoms with Gasteiger partial charge in [0.25, 0.3) is 0 Å². The lowest BCUT2D eigenvalue weighted by atomic mass is 10.1. The topological polar surface area (TPSA) is 71.5 Å². The second kappa shape index (κ2) is 8.93. The summed E-state index contributed by atoms with van der Waals surface area (Å²) < 4.78 is 44.1. The third-order valence-corrected chi connectivity index (χ3v) is 4.46. The van der Waals surface area contributed by atoms with Crippen LogP contribution in [-0.4, -0.2) is 34.8 Å². The average Bonchev–Trinajstić information content (AvgIpc) is 2.69. The Hall–Kier alpha value is -3.10. The van der Waals surface area contributed by atoms with Crippen LogP contribution in [0.4, 0.5) is 13.2 Å². The molecule has 0 unspecified atom stereocenters. The van der Waals surface area contributed by atoms with E-state index < -0.39 is 11.7 Å². The lowest BCUT2D eigenvalue weighted by Crippen LogP contribution is -2.42. The number of halogens is 3. The number of nitrogens with zero attached hydrogens (tertiary/aromatic N) is 2. The van der Waals surface area contributed by atoms with Crippen LogP contribution in [-0.2, 0) is 22.3 Å². The predicted octanol–water partition coefficient (Wildman–Crippen LogP) is 3.52. The van der Waals surface area contributed by atoms with E-state index in [9.17, 15) is 22.8 Å². The smallest absolute Gasteiger partial charge is 0.416 e. The van der Waals surface area contributed by atoms with E-state index in [1.807, 2.05) is 0 Å². The van der Waals surface area contributed by atoms with Crippen LogP contribution in [0.25, 0.3) is 0 Å². The molecule has 1 aliphatic heterocycles. The number of carbonyl (C=O) groups is 2. The summed E-state index contributed by atoms with van der Waals surface area (Å²) >= 11 is 0. The van der Waals surface area contributed by atoms with Crippen LogP contribution in [0, 0.1) is 0 Å². The second-order valence-electron chi connectivity index (χ2n) is 6.64. The Morgan fingerprint density at radius 1 is 1.21 bits per heavy atom. The van der Waals surface area contributed by atoms with E-state index in [2.05, 4.69) is 10.3 Å². The summed E-state index contributed by atoms with van der Waals surface area (Å²) in [6, 6.07) is 7.77. The lowest BCUT2D eigenvalue weighted by molar-refractivity contribution is -0.138. The Bertz CT molecular complexity index is 887. The minimum atomic E-state index is -4.48. The first-order valence-corrected chi connectivity index (χ1v) is 9.16. The molecular weight excluding hydrogens is 387 g/mol. The molecule has 2 heterocycles. The summed E-state index contributed by atoms with van der Waals surface area (Å²) in [4.78, 5) is 29.5. The molecule has 1 N–H and O–H groups in total. The van der Waals surface area contributed by atoms with E-state index in [-0.39, 0.29) is 36.5 Å². The van der Waals surface area contributed by atoms with Crippen LogP contribution < -0.4 is 10.1 Å². The van der Waals surface area contributed by atoms with Crippen molar-refractivity contribution in [3.05, 3.63) is 53.7 Å². The molecule has 2 amide bonds. The Morgan fingerprint density at radius 3 is 2.79 bits per heavy atom. The molecule has 0 spiro atoms. The highest BCUT2D eigenvalue weighted by Gasteiger charge is 2.30. The first-order valence-electron chi connectivity index (χ1n) is 9.16. The van der Waals surface area contributed by atoms with E-state index in [1.54, 1.807) is 12.1 Å². The molecule has 6 nitrogen and oxygen atoms in total. The predicted molar refractivity (Wildman–Crippen MR) is 98.0 cm³/mol. The van der Waals surface area contributed by atoms with Gasteiger partial charge in [0, 0.05) is 31.3 Å². The summed E-state index contributed by atoms with van der Waals surface area (Å²) in [5.41, 5.74) is -0.324. The van der Waals surface area contributed by atoms with Gasteiger partial charge in [-0.3, -0.25) is 9.59 Å². The van der Waals surface area contributed by atoms with Crippen molar-refractivity contribution in [2.24, 2.45) is 0 Å². The summed E-state index contributed by atoms with van der Waals surface area (Å²) in [7, 11) is 0. The maximum absolute atomic E-state index is 12.9. The highest BCUT2D eigenvalue weighted by molar-refractivity contribution is 5.85. The van der Waals surface area contributed by atoms with Crippen molar-refractivity contribution in [3.8, 4) is 11.6 Å². The summed E-state index contributed by atoms with van der Waals surface area (Å²) in [6.07, 6.45) is -0.878. The Labute approximate surface area is 165 Å². The number of aromatic nitrogens is 1. The number of carbonyl (C=O) groups excluding carboxylic acids is 2. The van der Waals surface area contributed by atoms with E-state index in [4.69, 9.17) is 4.74 Å². The minimum Gasteiger partial charge on any atom is -0.439 e. The number of piperidine rings is 1. The van der Waals surface area contributed by atoms with Gasteiger partial charge in [-0.25, -0.2) is 4.98 Å². The highest BCUT2D eigenvalue weighted by atomic mass is 19.4. The molecule has 9 heteroatoms. The number of alkyl halides is 3. The van der Waals surface area contributed by atoms with Gasteiger partial charge < -0.3 is 15.0 Å². The van der Waals surface area contributed by atoms with Crippen LogP contribution >= 0.6 is 0 Å². The zero-order valence-electron chi connectivity index (χ0n) is 15.5. The summed E-state index contributed by atoms with van der Waals surface area (Å²) in [6.45, 7) is 0.606. The second-order valence-corrected chi connectivity index (χ2v) is 6.64. The number of hydrogen-bond donors (Lipinski definition) is 1. The molecule has 1 aliphatic rings. The third-order valence-electron chi connectivity index (χ3n) is 4.46. The van der Waals surface area contributed by atoms with Crippen LogP contribution in [0.1, 0.15) is 30.4 Å². The van der Waals surface area contributed by atoms with Crippen molar-refractivity contribution < 1.29 is 27.5 Å². The van der Waals surface area contributed by atoms with Crippen molar-refractivity contribution in [1.82, 2.24) is 15.2 Å².